The summed E-state index contributed by atoms with van der Waals surface area (Å²) in [7, 11) is 0. The largest absolute Gasteiger partial charge is 0.360 e. The maximum atomic E-state index is 13.3. The van der Waals surface area contributed by atoms with Crippen molar-refractivity contribution < 1.29 is 14.3 Å². The minimum absolute atomic E-state index is 0.00141. The molecule has 30 heavy (non-hydrogen) atoms. The summed E-state index contributed by atoms with van der Waals surface area (Å²) in [4.78, 5) is 32.3. The summed E-state index contributed by atoms with van der Waals surface area (Å²) < 4.78 is 7.94. The van der Waals surface area contributed by atoms with Gasteiger partial charge < -0.3 is 15.0 Å². The average Bonchev–Trinajstić information content (AvgIpc) is 3.43. The Morgan fingerprint density at radius 1 is 1.37 bits per heavy atom. The second kappa shape index (κ2) is 6.77. The van der Waals surface area contributed by atoms with Crippen molar-refractivity contribution in [3.8, 4) is 0 Å². The fraction of sp³-hybridized carbons (Fsp3) is 0.455. The first-order chi connectivity index (χ1) is 14.4. The SMILES string of the molecule is Cc1cc(NC(=O)C2C3C=CC4(CN(C(C)C)C(=O)C24)O3)n(Cc2ccncc2)n1. The van der Waals surface area contributed by atoms with Crippen LogP contribution in [0.3, 0.4) is 0 Å². The second-order valence-corrected chi connectivity index (χ2v) is 8.63. The van der Waals surface area contributed by atoms with Gasteiger partial charge in [0.25, 0.3) is 0 Å². The third kappa shape index (κ3) is 2.86. The third-order valence-electron chi connectivity index (χ3n) is 6.29. The number of nitrogens with one attached hydrogen (secondary N) is 1. The second-order valence-electron chi connectivity index (χ2n) is 8.63. The molecule has 0 aromatic carbocycles. The lowest BCUT2D eigenvalue weighted by Gasteiger charge is -2.24. The van der Waals surface area contributed by atoms with Gasteiger partial charge >= 0.3 is 0 Å². The number of amides is 2. The summed E-state index contributed by atoms with van der Waals surface area (Å²) in [6.45, 7) is 6.88. The molecule has 3 aliphatic rings. The zero-order chi connectivity index (χ0) is 21.0. The van der Waals surface area contributed by atoms with Crippen molar-refractivity contribution in [2.45, 2.75) is 45.1 Å². The van der Waals surface area contributed by atoms with Gasteiger partial charge in [0.05, 0.1) is 36.7 Å². The van der Waals surface area contributed by atoms with Crippen LogP contribution < -0.4 is 5.32 Å². The fourth-order valence-electron chi connectivity index (χ4n) is 4.90. The number of rotatable bonds is 5. The van der Waals surface area contributed by atoms with Crippen LogP contribution in [-0.4, -0.2) is 55.8 Å². The lowest BCUT2D eigenvalue weighted by atomic mass is 9.77. The highest BCUT2D eigenvalue weighted by Gasteiger charge is 2.67. The predicted octanol–water partition coefficient (Wildman–Crippen LogP) is 1.76. The van der Waals surface area contributed by atoms with Crippen LogP contribution in [0.1, 0.15) is 25.1 Å². The molecule has 0 aliphatic carbocycles. The Labute approximate surface area is 174 Å². The van der Waals surface area contributed by atoms with Gasteiger partial charge in [0, 0.05) is 24.5 Å². The predicted molar refractivity (Wildman–Crippen MR) is 110 cm³/mol. The molecule has 8 nitrogen and oxygen atoms in total. The van der Waals surface area contributed by atoms with Crippen molar-refractivity contribution in [1.29, 1.82) is 0 Å². The number of anilines is 1. The van der Waals surface area contributed by atoms with Gasteiger partial charge in [-0.15, -0.1) is 0 Å². The van der Waals surface area contributed by atoms with E-state index in [1.807, 2.05) is 56.0 Å². The minimum Gasteiger partial charge on any atom is -0.360 e. The molecule has 2 aromatic rings. The maximum absolute atomic E-state index is 13.3. The smallest absolute Gasteiger partial charge is 0.232 e. The Morgan fingerprint density at radius 2 is 2.13 bits per heavy atom. The van der Waals surface area contributed by atoms with Crippen LogP contribution in [0.25, 0.3) is 0 Å². The van der Waals surface area contributed by atoms with Gasteiger partial charge in [-0.1, -0.05) is 12.2 Å². The highest BCUT2D eigenvalue weighted by Crippen LogP contribution is 2.52. The van der Waals surface area contributed by atoms with Crippen LogP contribution in [0.4, 0.5) is 5.82 Å². The van der Waals surface area contributed by atoms with Crippen molar-refractivity contribution >= 4 is 17.6 Å². The van der Waals surface area contributed by atoms with E-state index in [2.05, 4.69) is 15.4 Å². The molecule has 2 aromatic heterocycles. The van der Waals surface area contributed by atoms with Crippen LogP contribution in [0.2, 0.25) is 0 Å². The molecule has 0 saturated carbocycles. The molecule has 2 fully saturated rings. The molecule has 5 rings (SSSR count). The van der Waals surface area contributed by atoms with Crippen LogP contribution in [0, 0.1) is 18.8 Å². The summed E-state index contributed by atoms with van der Waals surface area (Å²) in [5, 5.41) is 7.52. The van der Waals surface area contributed by atoms with E-state index in [0.29, 0.717) is 18.9 Å². The number of likely N-dealkylation sites (tertiary alicyclic amines) is 1. The molecule has 1 N–H and O–H groups in total. The van der Waals surface area contributed by atoms with Crippen molar-refractivity contribution in [2.24, 2.45) is 11.8 Å². The summed E-state index contributed by atoms with van der Waals surface area (Å²) in [5.41, 5.74) is 1.16. The molecule has 2 saturated heterocycles. The number of hydrogen-bond acceptors (Lipinski definition) is 5. The number of ether oxygens (including phenoxy) is 1. The zero-order valence-corrected chi connectivity index (χ0v) is 17.3. The van der Waals surface area contributed by atoms with E-state index < -0.39 is 17.4 Å². The monoisotopic (exact) mass is 407 g/mol. The summed E-state index contributed by atoms with van der Waals surface area (Å²) in [6.07, 6.45) is 7.00. The fourth-order valence-corrected chi connectivity index (χ4v) is 4.90. The highest BCUT2D eigenvalue weighted by atomic mass is 16.5. The summed E-state index contributed by atoms with van der Waals surface area (Å²) >= 11 is 0. The van der Waals surface area contributed by atoms with Crippen molar-refractivity contribution in [3.05, 3.63) is 54.0 Å². The first-order valence-electron chi connectivity index (χ1n) is 10.3. The van der Waals surface area contributed by atoms with E-state index in [1.165, 1.54) is 0 Å². The maximum Gasteiger partial charge on any atom is 0.232 e. The van der Waals surface area contributed by atoms with Crippen molar-refractivity contribution in [2.75, 3.05) is 11.9 Å². The number of pyridine rings is 1. The molecule has 8 heteroatoms. The lowest BCUT2D eigenvalue weighted by molar-refractivity contribution is -0.137. The van der Waals surface area contributed by atoms with Crippen LogP contribution >= 0.6 is 0 Å². The minimum atomic E-state index is -0.679. The number of hydrogen-bond donors (Lipinski definition) is 1. The Morgan fingerprint density at radius 3 is 2.87 bits per heavy atom. The molecule has 4 unspecified atom stereocenters. The summed E-state index contributed by atoms with van der Waals surface area (Å²) in [5.74, 6) is -0.616. The molecule has 5 heterocycles. The van der Waals surface area contributed by atoms with E-state index in [4.69, 9.17) is 4.74 Å². The Kier molecular flexibility index (Phi) is 4.28. The van der Waals surface area contributed by atoms with E-state index in [1.54, 1.807) is 17.1 Å². The van der Waals surface area contributed by atoms with Gasteiger partial charge in [0.2, 0.25) is 11.8 Å². The topological polar surface area (TPSA) is 89.4 Å². The van der Waals surface area contributed by atoms with Crippen LogP contribution in [-0.2, 0) is 20.9 Å². The third-order valence-corrected chi connectivity index (χ3v) is 6.29. The molecular weight excluding hydrogens is 382 g/mol. The number of carbonyl (C=O) groups is 2. The zero-order valence-electron chi connectivity index (χ0n) is 17.3. The Balaban J connectivity index is 1.39. The quantitative estimate of drug-likeness (QED) is 0.763. The molecular formula is C22H25N5O3. The number of fused-ring (bicyclic) bond motifs is 1. The van der Waals surface area contributed by atoms with Gasteiger partial charge in [0.1, 0.15) is 11.4 Å². The molecule has 4 atom stereocenters. The molecule has 0 radical (unpaired) electrons. The number of carbonyl (C=O) groups excluding carboxylic acids is 2. The van der Waals surface area contributed by atoms with Gasteiger partial charge in [-0.05, 0) is 38.5 Å². The Bertz CT molecular complexity index is 1030. The van der Waals surface area contributed by atoms with Gasteiger partial charge in [-0.3, -0.25) is 14.6 Å². The van der Waals surface area contributed by atoms with E-state index >= 15 is 0 Å². The normalized spacial score (nSPS) is 29.1. The number of aryl methyl sites for hydroxylation is 1. The average molecular weight is 407 g/mol. The standard InChI is InChI=1S/C22H25N5O3/c1-13(2)26-12-22-7-4-16(30-22)18(19(22)21(26)29)20(28)24-17-10-14(3)25-27(17)11-15-5-8-23-9-6-15/h4-10,13,16,18-19H,11-12H2,1-3H3,(H,24,28). The van der Waals surface area contributed by atoms with E-state index in [0.717, 1.165) is 11.3 Å². The van der Waals surface area contributed by atoms with Crippen molar-refractivity contribution in [1.82, 2.24) is 19.7 Å². The molecule has 1 spiro atoms. The number of nitrogens with zero attached hydrogens (tertiary/aromatic N) is 4. The first-order valence-corrected chi connectivity index (χ1v) is 10.3. The van der Waals surface area contributed by atoms with Crippen molar-refractivity contribution in [3.63, 3.8) is 0 Å². The van der Waals surface area contributed by atoms with E-state index in [9.17, 15) is 9.59 Å². The number of aromatic nitrogens is 3. The van der Waals surface area contributed by atoms with Gasteiger partial charge in [-0.25, -0.2) is 4.68 Å². The van der Waals surface area contributed by atoms with Crippen LogP contribution in [0.5, 0.6) is 0 Å². The van der Waals surface area contributed by atoms with Gasteiger partial charge in [-0.2, -0.15) is 5.10 Å². The highest BCUT2D eigenvalue weighted by molar-refractivity contribution is 5.98. The summed E-state index contributed by atoms with van der Waals surface area (Å²) in [6, 6.07) is 5.74. The molecule has 156 valence electrons. The molecule has 2 amide bonds. The van der Waals surface area contributed by atoms with E-state index in [-0.39, 0.29) is 24.0 Å². The molecule has 2 bridgehead atoms. The molecule has 3 aliphatic heterocycles. The van der Waals surface area contributed by atoms with Crippen LogP contribution in [0.15, 0.2) is 42.7 Å². The Hall–Kier alpha value is -3.00. The first kappa shape index (κ1) is 19.0. The lowest BCUT2D eigenvalue weighted by Crippen LogP contribution is -2.42. The van der Waals surface area contributed by atoms with Gasteiger partial charge in [0.15, 0.2) is 0 Å².